The van der Waals surface area contributed by atoms with Crippen LogP contribution in [0.5, 0.6) is 0 Å². The highest BCUT2D eigenvalue weighted by Crippen LogP contribution is 2.29. The van der Waals surface area contributed by atoms with Gasteiger partial charge in [0.2, 0.25) is 15.9 Å². The van der Waals surface area contributed by atoms with Crippen molar-refractivity contribution in [3.8, 4) is 0 Å². The first-order valence-corrected chi connectivity index (χ1v) is 11.0. The smallest absolute Gasteiger partial charge is 0.248 e. The van der Waals surface area contributed by atoms with E-state index in [-0.39, 0.29) is 17.1 Å². The number of nitrogens with zero attached hydrogens (tertiary/aromatic N) is 1. The predicted octanol–water partition coefficient (Wildman–Crippen LogP) is 4.18. The highest BCUT2D eigenvalue weighted by atomic mass is 32.2. The van der Waals surface area contributed by atoms with Gasteiger partial charge in [0.05, 0.1) is 11.4 Å². The number of benzene rings is 2. The molecule has 0 radical (unpaired) electrons. The lowest BCUT2D eigenvalue weighted by Crippen LogP contribution is -2.24. The van der Waals surface area contributed by atoms with Crippen molar-refractivity contribution in [2.24, 2.45) is 0 Å². The number of anilines is 2. The highest BCUT2D eigenvalue weighted by Gasteiger charge is 2.28. The van der Waals surface area contributed by atoms with E-state index in [0.29, 0.717) is 18.7 Å². The first-order chi connectivity index (χ1) is 13.2. The van der Waals surface area contributed by atoms with E-state index >= 15 is 0 Å². The minimum Gasteiger partial charge on any atom is -0.322 e. The zero-order valence-corrected chi connectivity index (χ0v) is 17.3. The van der Waals surface area contributed by atoms with Gasteiger partial charge in [-0.05, 0) is 47.2 Å². The van der Waals surface area contributed by atoms with Gasteiger partial charge in [0, 0.05) is 18.3 Å². The SMILES string of the molecule is CC(C)(C)c1ccccc1NC(=O)C=Cc1ccc(N2CCCS2(=O)=O)cc1. The predicted molar refractivity (Wildman–Crippen MR) is 115 cm³/mol. The lowest BCUT2D eigenvalue weighted by atomic mass is 9.86. The third kappa shape index (κ3) is 4.62. The van der Waals surface area contributed by atoms with E-state index in [1.807, 2.05) is 36.4 Å². The second-order valence-corrected chi connectivity index (χ2v) is 9.96. The van der Waals surface area contributed by atoms with E-state index in [9.17, 15) is 13.2 Å². The third-order valence-corrected chi connectivity index (χ3v) is 6.57. The van der Waals surface area contributed by atoms with Crippen molar-refractivity contribution in [1.82, 2.24) is 0 Å². The van der Waals surface area contributed by atoms with Crippen LogP contribution in [0.1, 0.15) is 38.3 Å². The van der Waals surface area contributed by atoms with Crippen LogP contribution in [0.4, 0.5) is 11.4 Å². The Bertz CT molecular complexity index is 987. The number of para-hydroxylation sites is 1. The van der Waals surface area contributed by atoms with Gasteiger partial charge < -0.3 is 5.32 Å². The fourth-order valence-electron chi connectivity index (χ4n) is 3.27. The van der Waals surface area contributed by atoms with Crippen LogP contribution in [0.3, 0.4) is 0 Å². The Labute approximate surface area is 167 Å². The van der Waals surface area contributed by atoms with Gasteiger partial charge in [-0.15, -0.1) is 0 Å². The fraction of sp³-hybridized carbons (Fsp3) is 0.318. The molecule has 1 amide bonds. The second kappa shape index (κ2) is 7.80. The van der Waals surface area contributed by atoms with Gasteiger partial charge in [-0.1, -0.05) is 51.1 Å². The Morgan fingerprint density at radius 1 is 1.07 bits per heavy atom. The van der Waals surface area contributed by atoms with Gasteiger partial charge >= 0.3 is 0 Å². The first kappa shape index (κ1) is 20.1. The molecule has 3 rings (SSSR count). The van der Waals surface area contributed by atoms with Crippen molar-refractivity contribution < 1.29 is 13.2 Å². The molecular formula is C22H26N2O3S. The average molecular weight is 399 g/mol. The van der Waals surface area contributed by atoms with Crippen LogP contribution in [0.25, 0.3) is 6.08 Å². The molecule has 0 unspecified atom stereocenters. The van der Waals surface area contributed by atoms with Crippen LogP contribution in [0.2, 0.25) is 0 Å². The van der Waals surface area contributed by atoms with E-state index < -0.39 is 10.0 Å². The minimum absolute atomic E-state index is 0.0701. The Hall–Kier alpha value is -2.60. The summed E-state index contributed by atoms with van der Waals surface area (Å²) in [5, 5.41) is 2.94. The van der Waals surface area contributed by atoms with Crippen LogP contribution in [0, 0.1) is 0 Å². The Balaban J connectivity index is 1.69. The zero-order chi connectivity index (χ0) is 20.4. The lowest BCUT2D eigenvalue weighted by Gasteiger charge is -2.22. The minimum atomic E-state index is -3.18. The maximum Gasteiger partial charge on any atom is 0.248 e. The van der Waals surface area contributed by atoms with Gasteiger partial charge in [0.15, 0.2) is 0 Å². The molecule has 1 N–H and O–H groups in total. The van der Waals surface area contributed by atoms with Crippen LogP contribution >= 0.6 is 0 Å². The summed E-state index contributed by atoms with van der Waals surface area (Å²) >= 11 is 0. The molecule has 1 saturated heterocycles. The molecule has 0 bridgehead atoms. The van der Waals surface area contributed by atoms with E-state index in [1.54, 1.807) is 18.2 Å². The molecule has 0 atom stereocenters. The van der Waals surface area contributed by atoms with Gasteiger partial charge in [-0.25, -0.2) is 8.42 Å². The first-order valence-electron chi connectivity index (χ1n) is 9.36. The number of carbonyl (C=O) groups is 1. The summed E-state index contributed by atoms with van der Waals surface area (Å²) < 4.78 is 25.4. The molecule has 148 valence electrons. The topological polar surface area (TPSA) is 66.5 Å². The maximum absolute atomic E-state index is 12.3. The summed E-state index contributed by atoms with van der Waals surface area (Å²) in [6, 6.07) is 15.0. The summed E-state index contributed by atoms with van der Waals surface area (Å²) in [6.07, 6.45) is 3.86. The van der Waals surface area contributed by atoms with Crippen LogP contribution in [-0.2, 0) is 20.2 Å². The summed E-state index contributed by atoms with van der Waals surface area (Å²) in [6.45, 7) is 6.84. The molecule has 0 aromatic heterocycles. The average Bonchev–Trinajstić information content (AvgIpc) is 2.99. The van der Waals surface area contributed by atoms with Crippen molar-refractivity contribution in [2.75, 3.05) is 21.9 Å². The number of carbonyl (C=O) groups excluding carboxylic acids is 1. The molecule has 1 fully saturated rings. The van der Waals surface area contributed by atoms with Crippen molar-refractivity contribution in [3.63, 3.8) is 0 Å². The molecule has 1 aliphatic rings. The number of amides is 1. The Morgan fingerprint density at radius 3 is 2.36 bits per heavy atom. The monoisotopic (exact) mass is 398 g/mol. The van der Waals surface area contributed by atoms with E-state index in [1.165, 1.54) is 10.4 Å². The summed E-state index contributed by atoms with van der Waals surface area (Å²) in [7, 11) is -3.18. The van der Waals surface area contributed by atoms with Crippen molar-refractivity contribution in [2.45, 2.75) is 32.6 Å². The van der Waals surface area contributed by atoms with Crippen LogP contribution in [-0.4, -0.2) is 26.6 Å². The van der Waals surface area contributed by atoms with Gasteiger partial charge in [0.1, 0.15) is 0 Å². The quantitative estimate of drug-likeness (QED) is 0.786. The zero-order valence-electron chi connectivity index (χ0n) is 16.5. The van der Waals surface area contributed by atoms with Gasteiger partial charge in [-0.3, -0.25) is 9.10 Å². The lowest BCUT2D eigenvalue weighted by molar-refractivity contribution is -0.111. The molecule has 2 aromatic carbocycles. The molecule has 2 aromatic rings. The maximum atomic E-state index is 12.3. The van der Waals surface area contributed by atoms with Crippen molar-refractivity contribution in [3.05, 3.63) is 65.7 Å². The number of hydrogen-bond acceptors (Lipinski definition) is 3. The molecular weight excluding hydrogens is 372 g/mol. The largest absolute Gasteiger partial charge is 0.322 e. The number of sulfonamides is 1. The number of nitrogens with one attached hydrogen (secondary N) is 1. The third-order valence-electron chi connectivity index (χ3n) is 4.70. The van der Waals surface area contributed by atoms with E-state index in [0.717, 1.165) is 16.8 Å². The molecule has 0 saturated carbocycles. The molecule has 5 nitrogen and oxygen atoms in total. The second-order valence-electron chi connectivity index (χ2n) is 7.95. The van der Waals surface area contributed by atoms with Crippen molar-refractivity contribution in [1.29, 1.82) is 0 Å². The summed E-state index contributed by atoms with van der Waals surface area (Å²) in [5.41, 5.74) is 3.31. The molecule has 0 spiro atoms. The normalized spacial score (nSPS) is 16.5. The molecule has 1 heterocycles. The molecule has 0 aliphatic carbocycles. The number of rotatable bonds is 4. The van der Waals surface area contributed by atoms with Crippen LogP contribution in [0.15, 0.2) is 54.6 Å². The molecule has 6 heteroatoms. The standard InChI is InChI=1S/C22H26N2O3S/c1-22(2,3)19-7-4-5-8-20(19)23-21(25)14-11-17-9-12-18(13-10-17)24-15-6-16-28(24,26)27/h4-5,7-14H,6,15-16H2,1-3H3,(H,23,25). The summed E-state index contributed by atoms with van der Waals surface area (Å²) in [4.78, 5) is 12.3. The molecule has 1 aliphatic heterocycles. The highest BCUT2D eigenvalue weighted by molar-refractivity contribution is 7.93. The Kier molecular flexibility index (Phi) is 5.61. The summed E-state index contributed by atoms with van der Waals surface area (Å²) in [5.74, 6) is -0.00638. The van der Waals surface area contributed by atoms with E-state index in [2.05, 4.69) is 26.1 Å². The Morgan fingerprint density at radius 2 is 1.75 bits per heavy atom. The van der Waals surface area contributed by atoms with E-state index in [4.69, 9.17) is 0 Å². The van der Waals surface area contributed by atoms with Gasteiger partial charge in [0.25, 0.3) is 0 Å². The fourth-order valence-corrected chi connectivity index (χ4v) is 4.84. The van der Waals surface area contributed by atoms with Gasteiger partial charge in [-0.2, -0.15) is 0 Å². The molecule has 28 heavy (non-hydrogen) atoms. The van der Waals surface area contributed by atoms with Crippen molar-refractivity contribution >= 4 is 33.4 Å². The number of hydrogen-bond donors (Lipinski definition) is 1. The van der Waals surface area contributed by atoms with Crippen LogP contribution < -0.4 is 9.62 Å².